The smallest absolute Gasteiger partial charge is 0.247 e. The number of nitrogens with one attached hydrogen (secondary N) is 1. The summed E-state index contributed by atoms with van der Waals surface area (Å²) in [6.07, 6.45) is 0. The van der Waals surface area contributed by atoms with E-state index in [-0.39, 0.29) is 6.04 Å². The molecule has 2 aromatic carbocycles. The molecule has 3 heterocycles. The Morgan fingerprint density at radius 1 is 0.886 bits per heavy atom. The van der Waals surface area contributed by atoms with Crippen molar-refractivity contribution in [3.8, 4) is 33.4 Å². The summed E-state index contributed by atoms with van der Waals surface area (Å²) in [5.74, 6) is 3.80. The van der Waals surface area contributed by atoms with Gasteiger partial charge in [-0.1, -0.05) is 12.1 Å². The molecule has 0 aliphatic carbocycles. The second-order valence-electron chi connectivity index (χ2n) is 8.12. The zero-order valence-electron chi connectivity index (χ0n) is 20.1. The second-order valence-corrected chi connectivity index (χ2v) is 9.23. The lowest BCUT2D eigenvalue weighted by molar-refractivity contribution is 0.356. The fraction of sp³-hybridized carbons (Fsp3) is 0.231. The van der Waals surface area contributed by atoms with Gasteiger partial charge in [0.2, 0.25) is 11.8 Å². The number of thiophene rings is 1. The van der Waals surface area contributed by atoms with Crippen molar-refractivity contribution in [2.24, 2.45) is 0 Å². The number of anilines is 1. The third kappa shape index (κ3) is 4.54. The summed E-state index contributed by atoms with van der Waals surface area (Å²) < 4.78 is 16.4. The van der Waals surface area contributed by atoms with E-state index in [1.807, 2.05) is 31.2 Å². The van der Waals surface area contributed by atoms with Gasteiger partial charge in [0.25, 0.3) is 0 Å². The van der Waals surface area contributed by atoms with Crippen molar-refractivity contribution in [1.29, 1.82) is 0 Å². The first-order valence-electron chi connectivity index (χ1n) is 11.1. The molecule has 35 heavy (non-hydrogen) atoms. The first-order valence-corrected chi connectivity index (χ1v) is 11.9. The van der Waals surface area contributed by atoms with Gasteiger partial charge < -0.3 is 19.2 Å². The summed E-state index contributed by atoms with van der Waals surface area (Å²) >= 11 is 1.74. The first-order chi connectivity index (χ1) is 16.9. The number of methoxy groups -OCH3 is 2. The van der Waals surface area contributed by atoms with E-state index < -0.39 is 0 Å². The van der Waals surface area contributed by atoms with Gasteiger partial charge in [0.1, 0.15) is 11.6 Å². The Hall–Kier alpha value is -3.98. The van der Waals surface area contributed by atoms with Gasteiger partial charge in [-0.25, -0.2) is 9.97 Å². The molecule has 8 nitrogen and oxygen atoms in total. The fourth-order valence-corrected chi connectivity index (χ4v) is 4.90. The van der Waals surface area contributed by atoms with Crippen molar-refractivity contribution in [3.63, 3.8) is 0 Å². The molecular weight excluding hydrogens is 462 g/mol. The van der Waals surface area contributed by atoms with Gasteiger partial charge in [0.15, 0.2) is 11.5 Å². The molecule has 3 aromatic heterocycles. The molecule has 1 atom stereocenters. The van der Waals surface area contributed by atoms with Crippen LogP contribution in [0.1, 0.15) is 29.6 Å². The quantitative estimate of drug-likeness (QED) is 0.289. The Morgan fingerprint density at radius 2 is 1.60 bits per heavy atom. The Balaban J connectivity index is 1.39. The number of hydrogen-bond acceptors (Lipinski definition) is 9. The van der Waals surface area contributed by atoms with Crippen LogP contribution in [0.4, 0.5) is 5.82 Å². The zero-order chi connectivity index (χ0) is 24.5. The molecular formula is C26H25N5O3S. The van der Waals surface area contributed by atoms with Gasteiger partial charge >= 0.3 is 0 Å². The molecule has 0 amide bonds. The number of rotatable bonds is 7. The van der Waals surface area contributed by atoms with Crippen LogP contribution in [0.2, 0.25) is 0 Å². The fourth-order valence-electron chi connectivity index (χ4n) is 3.89. The van der Waals surface area contributed by atoms with Crippen molar-refractivity contribution in [2.45, 2.75) is 26.8 Å². The number of aromatic nitrogens is 4. The standard InChI is InChI=1S/C26H25N5O3S/c1-14(27-25-19-12-21(32-4)22(33-5)13-20(19)28-15(2)29-25)23-10-11-24(35-23)17-6-8-18(9-7-17)26-31-30-16(3)34-26/h6-14H,1-5H3,(H,27,28,29). The highest BCUT2D eigenvalue weighted by Crippen LogP contribution is 2.37. The van der Waals surface area contributed by atoms with Gasteiger partial charge in [-0.15, -0.1) is 21.5 Å². The van der Waals surface area contributed by atoms with Crippen LogP contribution in [-0.2, 0) is 0 Å². The van der Waals surface area contributed by atoms with E-state index in [4.69, 9.17) is 13.9 Å². The van der Waals surface area contributed by atoms with E-state index in [0.29, 0.717) is 29.1 Å². The summed E-state index contributed by atoms with van der Waals surface area (Å²) in [4.78, 5) is 11.6. The van der Waals surface area contributed by atoms with E-state index in [0.717, 1.165) is 27.8 Å². The summed E-state index contributed by atoms with van der Waals surface area (Å²) in [7, 11) is 3.24. The third-order valence-electron chi connectivity index (χ3n) is 5.66. The van der Waals surface area contributed by atoms with Crippen LogP contribution in [0.5, 0.6) is 11.5 Å². The Labute approximate surface area is 207 Å². The molecule has 5 rings (SSSR count). The Bertz CT molecular complexity index is 1490. The van der Waals surface area contributed by atoms with Crippen LogP contribution in [-0.4, -0.2) is 34.4 Å². The summed E-state index contributed by atoms with van der Waals surface area (Å²) in [5.41, 5.74) is 2.83. The van der Waals surface area contributed by atoms with Crippen LogP contribution in [0.25, 0.3) is 32.8 Å². The van der Waals surface area contributed by atoms with Gasteiger partial charge in [-0.2, -0.15) is 0 Å². The van der Waals surface area contributed by atoms with Crippen molar-refractivity contribution >= 4 is 28.1 Å². The highest BCUT2D eigenvalue weighted by molar-refractivity contribution is 7.15. The molecule has 0 bridgehead atoms. The predicted molar refractivity (Wildman–Crippen MR) is 137 cm³/mol. The lowest BCUT2D eigenvalue weighted by atomic mass is 10.1. The van der Waals surface area contributed by atoms with E-state index in [1.54, 1.807) is 32.5 Å². The summed E-state index contributed by atoms with van der Waals surface area (Å²) in [6, 6.07) is 16.3. The molecule has 178 valence electrons. The number of hydrogen-bond donors (Lipinski definition) is 1. The number of nitrogens with zero attached hydrogens (tertiary/aromatic N) is 4. The molecule has 5 aromatic rings. The molecule has 0 aliphatic heterocycles. The van der Waals surface area contributed by atoms with Crippen LogP contribution in [0.15, 0.2) is 52.9 Å². The molecule has 0 saturated carbocycles. The molecule has 0 fully saturated rings. The van der Waals surface area contributed by atoms with E-state index >= 15 is 0 Å². The average Bonchev–Trinajstić information content (AvgIpc) is 3.53. The van der Waals surface area contributed by atoms with Gasteiger partial charge in [0.05, 0.1) is 25.8 Å². The lowest BCUT2D eigenvalue weighted by Gasteiger charge is -2.16. The number of benzene rings is 2. The molecule has 0 radical (unpaired) electrons. The number of fused-ring (bicyclic) bond motifs is 1. The summed E-state index contributed by atoms with van der Waals surface area (Å²) in [6.45, 7) is 5.79. The van der Waals surface area contributed by atoms with E-state index in [9.17, 15) is 0 Å². The highest BCUT2D eigenvalue weighted by atomic mass is 32.1. The lowest BCUT2D eigenvalue weighted by Crippen LogP contribution is -2.08. The minimum atomic E-state index is 0.0417. The van der Waals surface area contributed by atoms with Crippen molar-refractivity contribution in [1.82, 2.24) is 20.2 Å². The van der Waals surface area contributed by atoms with E-state index in [2.05, 4.69) is 56.7 Å². The van der Waals surface area contributed by atoms with E-state index in [1.165, 1.54) is 9.75 Å². The number of ether oxygens (including phenoxy) is 2. The topological polar surface area (TPSA) is 95.2 Å². The van der Waals surface area contributed by atoms with Crippen LogP contribution in [0, 0.1) is 13.8 Å². The van der Waals surface area contributed by atoms with Gasteiger partial charge in [-0.05, 0) is 49.7 Å². The molecule has 0 aliphatic rings. The average molecular weight is 488 g/mol. The summed E-state index contributed by atoms with van der Waals surface area (Å²) in [5, 5.41) is 12.4. The minimum Gasteiger partial charge on any atom is -0.493 e. The highest BCUT2D eigenvalue weighted by Gasteiger charge is 2.16. The second kappa shape index (κ2) is 9.34. The molecule has 1 N–H and O–H groups in total. The Morgan fingerprint density at radius 3 is 2.29 bits per heavy atom. The predicted octanol–water partition coefficient (Wildman–Crippen LogP) is 6.22. The van der Waals surface area contributed by atoms with Crippen molar-refractivity contribution in [3.05, 3.63) is 65.1 Å². The van der Waals surface area contributed by atoms with Crippen molar-refractivity contribution < 1.29 is 13.9 Å². The number of aryl methyl sites for hydroxylation is 2. The Kier molecular flexibility index (Phi) is 6.08. The molecule has 0 saturated heterocycles. The molecule has 1 unspecified atom stereocenters. The van der Waals surface area contributed by atoms with Crippen LogP contribution >= 0.6 is 11.3 Å². The minimum absolute atomic E-state index is 0.0417. The molecule has 9 heteroatoms. The third-order valence-corrected chi connectivity index (χ3v) is 6.98. The monoisotopic (exact) mass is 487 g/mol. The zero-order valence-corrected chi connectivity index (χ0v) is 20.9. The van der Waals surface area contributed by atoms with Crippen LogP contribution < -0.4 is 14.8 Å². The maximum Gasteiger partial charge on any atom is 0.247 e. The van der Waals surface area contributed by atoms with Crippen molar-refractivity contribution in [2.75, 3.05) is 19.5 Å². The maximum atomic E-state index is 5.52. The van der Waals surface area contributed by atoms with Crippen LogP contribution in [0.3, 0.4) is 0 Å². The molecule has 0 spiro atoms. The normalized spacial score (nSPS) is 12.0. The maximum absolute atomic E-state index is 5.52. The van der Waals surface area contributed by atoms with Gasteiger partial charge in [0, 0.05) is 33.7 Å². The van der Waals surface area contributed by atoms with Gasteiger partial charge in [-0.3, -0.25) is 0 Å². The SMILES string of the molecule is COc1cc2nc(C)nc(NC(C)c3ccc(-c4ccc(-c5nnc(C)o5)cc4)s3)c2cc1OC. The first kappa shape index (κ1) is 22.8. The largest absolute Gasteiger partial charge is 0.493 e.